The molecular formula is C6H9N5O. The number of aryl methyl sites for hydroxylation is 1. The number of anilines is 2. The molecule has 0 unspecified atom stereocenters. The van der Waals surface area contributed by atoms with Crippen LogP contribution >= 0.6 is 0 Å². The maximum Gasteiger partial charge on any atom is 0.234 e. The number of carbonyl (C=O) groups is 1. The van der Waals surface area contributed by atoms with Crippen LogP contribution in [0.3, 0.4) is 0 Å². The lowest BCUT2D eigenvalue weighted by atomic mass is 10.6. The molecule has 1 aromatic rings. The highest BCUT2D eigenvalue weighted by atomic mass is 16.1. The number of aromatic nitrogens is 3. The number of hydrogen-bond donors (Lipinski definition) is 2. The molecule has 6 nitrogen and oxygen atoms in total. The zero-order valence-corrected chi connectivity index (χ0v) is 6.83. The maximum absolute atomic E-state index is 10.6. The van der Waals surface area contributed by atoms with E-state index in [4.69, 9.17) is 5.73 Å². The lowest BCUT2D eigenvalue weighted by Gasteiger charge is -2.00. The van der Waals surface area contributed by atoms with Gasteiger partial charge in [-0.3, -0.25) is 10.1 Å². The molecular weight excluding hydrogens is 158 g/mol. The molecule has 0 fully saturated rings. The van der Waals surface area contributed by atoms with E-state index in [2.05, 4.69) is 20.3 Å². The van der Waals surface area contributed by atoms with Crippen molar-refractivity contribution in [2.24, 2.45) is 0 Å². The van der Waals surface area contributed by atoms with Crippen molar-refractivity contribution >= 4 is 17.8 Å². The van der Waals surface area contributed by atoms with E-state index in [1.807, 2.05) is 0 Å². The fraction of sp³-hybridized carbons (Fsp3) is 0.333. The van der Waals surface area contributed by atoms with E-state index >= 15 is 0 Å². The predicted molar refractivity (Wildman–Crippen MR) is 43.3 cm³/mol. The summed E-state index contributed by atoms with van der Waals surface area (Å²) < 4.78 is 0. The van der Waals surface area contributed by atoms with E-state index in [9.17, 15) is 4.79 Å². The van der Waals surface area contributed by atoms with E-state index < -0.39 is 0 Å². The van der Waals surface area contributed by atoms with Crippen molar-refractivity contribution in [2.45, 2.75) is 13.8 Å². The van der Waals surface area contributed by atoms with Crippen LogP contribution in [0.1, 0.15) is 12.7 Å². The van der Waals surface area contributed by atoms with E-state index in [1.165, 1.54) is 6.92 Å². The lowest BCUT2D eigenvalue weighted by Crippen LogP contribution is -2.12. The molecule has 3 N–H and O–H groups in total. The average Bonchev–Trinajstić information content (AvgIpc) is 1.81. The SMILES string of the molecule is CC(=O)Nc1nc(C)nc(N)n1. The third-order valence-electron chi connectivity index (χ3n) is 1.05. The number of nitrogens with two attached hydrogens (primary N) is 1. The van der Waals surface area contributed by atoms with Gasteiger partial charge < -0.3 is 5.73 Å². The standard InChI is InChI=1S/C6H9N5O/c1-3-8-5(7)11-6(9-3)10-4(2)12/h1-2H3,(H3,7,8,9,10,11,12). The number of rotatable bonds is 1. The molecule has 0 aliphatic carbocycles. The Morgan fingerprint density at radius 3 is 2.58 bits per heavy atom. The highest BCUT2D eigenvalue weighted by Gasteiger charge is 2.01. The van der Waals surface area contributed by atoms with E-state index in [0.717, 1.165) is 0 Å². The fourth-order valence-corrected chi connectivity index (χ4v) is 0.716. The maximum atomic E-state index is 10.6. The van der Waals surface area contributed by atoms with Crippen LogP contribution in [0.4, 0.5) is 11.9 Å². The van der Waals surface area contributed by atoms with Gasteiger partial charge in [-0.15, -0.1) is 0 Å². The molecule has 0 atom stereocenters. The van der Waals surface area contributed by atoms with Crippen molar-refractivity contribution in [3.8, 4) is 0 Å². The largest absolute Gasteiger partial charge is 0.368 e. The van der Waals surface area contributed by atoms with E-state index in [1.54, 1.807) is 6.92 Å². The van der Waals surface area contributed by atoms with Crippen molar-refractivity contribution in [2.75, 3.05) is 11.1 Å². The highest BCUT2D eigenvalue weighted by molar-refractivity contribution is 5.86. The molecule has 1 rings (SSSR count). The minimum atomic E-state index is -0.236. The summed E-state index contributed by atoms with van der Waals surface area (Å²) >= 11 is 0. The van der Waals surface area contributed by atoms with Crippen LogP contribution in [-0.2, 0) is 4.79 Å². The van der Waals surface area contributed by atoms with Crippen LogP contribution in [0.2, 0.25) is 0 Å². The summed E-state index contributed by atoms with van der Waals surface area (Å²) in [5, 5.41) is 2.41. The topological polar surface area (TPSA) is 93.8 Å². The van der Waals surface area contributed by atoms with Crippen molar-refractivity contribution in [1.82, 2.24) is 15.0 Å². The summed E-state index contributed by atoms with van der Waals surface area (Å²) in [6, 6.07) is 0. The molecule has 0 aliphatic rings. The molecule has 0 spiro atoms. The fourth-order valence-electron chi connectivity index (χ4n) is 0.716. The minimum Gasteiger partial charge on any atom is -0.368 e. The molecule has 0 saturated carbocycles. The number of carbonyl (C=O) groups excluding carboxylic acids is 1. The minimum absolute atomic E-state index is 0.103. The second kappa shape index (κ2) is 3.12. The summed E-state index contributed by atoms with van der Waals surface area (Å²) in [6.07, 6.45) is 0. The molecule has 1 aromatic heterocycles. The van der Waals surface area contributed by atoms with E-state index in [-0.39, 0.29) is 17.8 Å². The van der Waals surface area contributed by atoms with Crippen molar-refractivity contribution in [3.05, 3.63) is 5.82 Å². The Morgan fingerprint density at radius 1 is 1.42 bits per heavy atom. The summed E-state index contributed by atoms with van der Waals surface area (Å²) in [7, 11) is 0. The number of nitrogens with one attached hydrogen (secondary N) is 1. The smallest absolute Gasteiger partial charge is 0.234 e. The molecule has 0 saturated heterocycles. The summed E-state index contributed by atoms with van der Waals surface area (Å²) in [6.45, 7) is 3.04. The normalized spacial score (nSPS) is 9.50. The van der Waals surface area contributed by atoms with Gasteiger partial charge in [-0.25, -0.2) is 0 Å². The van der Waals surface area contributed by atoms with Gasteiger partial charge in [0.2, 0.25) is 17.8 Å². The van der Waals surface area contributed by atoms with Crippen LogP contribution in [0.25, 0.3) is 0 Å². The first-order valence-corrected chi connectivity index (χ1v) is 3.33. The Hall–Kier alpha value is -1.72. The van der Waals surface area contributed by atoms with Crippen LogP contribution < -0.4 is 11.1 Å². The van der Waals surface area contributed by atoms with Crippen LogP contribution in [-0.4, -0.2) is 20.9 Å². The monoisotopic (exact) mass is 167 g/mol. The lowest BCUT2D eigenvalue weighted by molar-refractivity contribution is -0.114. The zero-order valence-electron chi connectivity index (χ0n) is 6.83. The van der Waals surface area contributed by atoms with Gasteiger partial charge in [-0.2, -0.15) is 15.0 Å². The third-order valence-corrected chi connectivity index (χ3v) is 1.05. The molecule has 0 aromatic carbocycles. The summed E-state index contributed by atoms with van der Waals surface area (Å²) in [5.74, 6) is 0.532. The average molecular weight is 167 g/mol. The molecule has 6 heteroatoms. The molecule has 0 aliphatic heterocycles. The van der Waals surface area contributed by atoms with Crippen LogP contribution in [0.15, 0.2) is 0 Å². The van der Waals surface area contributed by atoms with Gasteiger partial charge >= 0.3 is 0 Å². The van der Waals surface area contributed by atoms with Gasteiger partial charge in [0.15, 0.2) is 0 Å². The number of hydrogen-bond acceptors (Lipinski definition) is 5. The Morgan fingerprint density at radius 2 is 2.08 bits per heavy atom. The van der Waals surface area contributed by atoms with Gasteiger partial charge in [-0.05, 0) is 6.92 Å². The summed E-state index contributed by atoms with van der Waals surface area (Å²) in [4.78, 5) is 21.9. The van der Waals surface area contributed by atoms with Gasteiger partial charge in [0.05, 0.1) is 0 Å². The Kier molecular flexibility index (Phi) is 2.18. The van der Waals surface area contributed by atoms with Crippen LogP contribution in [0.5, 0.6) is 0 Å². The molecule has 64 valence electrons. The highest BCUT2D eigenvalue weighted by Crippen LogP contribution is 2.00. The predicted octanol–water partition coefficient (Wildman–Crippen LogP) is -0.279. The first kappa shape index (κ1) is 8.38. The van der Waals surface area contributed by atoms with E-state index in [0.29, 0.717) is 5.82 Å². The molecule has 12 heavy (non-hydrogen) atoms. The zero-order chi connectivity index (χ0) is 9.14. The molecule has 0 radical (unpaired) electrons. The van der Waals surface area contributed by atoms with Crippen molar-refractivity contribution < 1.29 is 4.79 Å². The Bertz CT molecular complexity index is 291. The number of nitrogen functional groups attached to an aromatic ring is 1. The van der Waals surface area contributed by atoms with Crippen LogP contribution in [0, 0.1) is 6.92 Å². The first-order chi connectivity index (χ1) is 5.58. The third kappa shape index (κ3) is 2.15. The van der Waals surface area contributed by atoms with Crippen molar-refractivity contribution in [3.63, 3.8) is 0 Å². The second-order valence-corrected chi connectivity index (χ2v) is 2.25. The van der Waals surface area contributed by atoms with Crippen molar-refractivity contribution in [1.29, 1.82) is 0 Å². The quantitative estimate of drug-likeness (QED) is 0.600. The molecule has 1 amide bonds. The summed E-state index contributed by atoms with van der Waals surface area (Å²) in [5.41, 5.74) is 5.32. The first-order valence-electron chi connectivity index (χ1n) is 3.33. The molecule has 1 heterocycles. The number of nitrogens with zero attached hydrogens (tertiary/aromatic N) is 3. The number of amides is 1. The van der Waals surface area contributed by atoms with Gasteiger partial charge in [-0.1, -0.05) is 0 Å². The van der Waals surface area contributed by atoms with Gasteiger partial charge in [0, 0.05) is 6.92 Å². The van der Waals surface area contributed by atoms with Gasteiger partial charge in [0.25, 0.3) is 0 Å². The second-order valence-electron chi connectivity index (χ2n) is 2.25. The molecule has 0 bridgehead atoms. The Labute approximate surface area is 69.2 Å². The van der Waals surface area contributed by atoms with Gasteiger partial charge in [0.1, 0.15) is 5.82 Å². The Balaban J connectivity index is 2.93.